The molecule has 2 rings (SSSR count). The predicted octanol–water partition coefficient (Wildman–Crippen LogP) is 0.853. The third kappa shape index (κ3) is 3.41. The molecule has 1 spiro atoms. The second-order valence-corrected chi connectivity index (χ2v) is 5.41. The van der Waals surface area contributed by atoms with Crippen molar-refractivity contribution < 1.29 is 9.47 Å². The highest BCUT2D eigenvalue weighted by Crippen LogP contribution is 2.39. The molecule has 2 aliphatic rings. The number of likely N-dealkylation sites (tertiary alicyclic amines) is 1. The van der Waals surface area contributed by atoms with E-state index in [0.717, 1.165) is 26.4 Å². The number of nitrogens with zero attached hydrogens (tertiary/aromatic N) is 1. The fraction of sp³-hybridized carbons (Fsp3) is 1.00. The van der Waals surface area contributed by atoms with Gasteiger partial charge in [-0.3, -0.25) is 0 Å². The third-order valence-corrected chi connectivity index (χ3v) is 4.20. The van der Waals surface area contributed by atoms with E-state index in [4.69, 9.17) is 15.2 Å². The van der Waals surface area contributed by atoms with Crippen LogP contribution < -0.4 is 5.73 Å². The Labute approximate surface area is 104 Å². The van der Waals surface area contributed by atoms with E-state index < -0.39 is 0 Å². The molecular formula is C13H26N2O2. The molecular weight excluding hydrogens is 216 g/mol. The van der Waals surface area contributed by atoms with Gasteiger partial charge in [-0.05, 0) is 38.1 Å². The molecule has 2 fully saturated rings. The number of hydrogen-bond donors (Lipinski definition) is 1. The van der Waals surface area contributed by atoms with Crippen molar-refractivity contribution in [3.8, 4) is 0 Å². The van der Waals surface area contributed by atoms with Crippen molar-refractivity contribution >= 4 is 0 Å². The zero-order valence-electron chi connectivity index (χ0n) is 11.0. The molecule has 0 aromatic rings. The summed E-state index contributed by atoms with van der Waals surface area (Å²) >= 11 is 0. The van der Waals surface area contributed by atoms with Gasteiger partial charge in [0.25, 0.3) is 0 Å². The Morgan fingerprint density at radius 2 is 2.12 bits per heavy atom. The van der Waals surface area contributed by atoms with Crippen LogP contribution in [-0.4, -0.2) is 57.0 Å². The summed E-state index contributed by atoms with van der Waals surface area (Å²) in [6.07, 6.45) is 3.98. The molecule has 0 amide bonds. The first-order valence-electron chi connectivity index (χ1n) is 6.90. The Morgan fingerprint density at radius 1 is 1.35 bits per heavy atom. The Kier molecular flexibility index (Phi) is 4.79. The summed E-state index contributed by atoms with van der Waals surface area (Å²) in [6, 6.07) is 0. The number of hydrogen-bond acceptors (Lipinski definition) is 4. The minimum atomic E-state index is 0.204. The van der Waals surface area contributed by atoms with Crippen LogP contribution in [0.5, 0.6) is 0 Å². The first kappa shape index (κ1) is 13.3. The van der Waals surface area contributed by atoms with Crippen LogP contribution in [-0.2, 0) is 9.47 Å². The lowest BCUT2D eigenvalue weighted by molar-refractivity contribution is 0.0114. The van der Waals surface area contributed by atoms with Gasteiger partial charge in [-0.2, -0.15) is 0 Å². The fourth-order valence-electron chi connectivity index (χ4n) is 3.12. The summed E-state index contributed by atoms with van der Waals surface area (Å²) in [6.45, 7) is 8.71. The molecule has 2 aliphatic heterocycles. The Balaban J connectivity index is 1.80. The van der Waals surface area contributed by atoms with Crippen LogP contribution in [0.1, 0.15) is 26.2 Å². The maximum atomic E-state index is 5.74. The molecule has 0 aromatic carbocycles. The molecule has 0 aromatic heterocycles. The Morgan fingerprint density at radius 3 is 2.76 bits per heavy atom. The molecule has 4 nitrogen and oxygen atoms in total. The van der Waals surface area contributed by atoms with Gasteiger partial charge in [0, 0.05) is 39.5 Å². The number of rotatable bonds is 5. The average molecular weight is 242 g/mol. The lowest BCUT2D eigenvalue weighted by Gasteiger charge is -2.33. The van der Waals surface area contributed by atoms with Gasteiger partial charge in [-0.15, -0.1) is 0 Å². The summed E-state index contributed by atoms with van der Waals surface area (Å²) in [5, 5.41) is 0. The Bertz CT molecular complexity index is 229. The summed E-state index contributed by atoms with van der Waals surface area (Å²) in [5.74, 6) is 0. The highest BCUT2D eigenvalue weighted by atomic mass is 16.5. The van der Waals surface area contributed by atoms with Crippen LogP contribution >= 0.6 is 0 Å². The summed E-state index contributed by atoms with van der Waals surface area (Å²) in [5.41, 5.74) is 6.27. The van der Waals surface area contributed by atoms with E-state index in [2.05, 4.69) is 4.90 Å². The molecule has 0 saturated carbocycles. The quantitative estimate of drug-likeness (QED) is 0.776. The lowest BCUT2D eigenvalue weighted by Crippen LogP contribution is -2.39. The zero-order chi connectivity index (χ0) is 12.1. The van der Waals surface area contributed by atoms with E-state index in [1.807, 2.05) is 6.92 Å². The highest BCUT2D eigenvalue weighted by molar-refractivity contribution is 4.92. The first-order valence-corrected chi connectivity index (χ1v) is 6.90. The van der Waals surface area contributed by atoms with Crippen LogP contribution in [0.25, 0.3) is 0 Å². The van der Waals surface area contributed by atoms with Gasteiger partial charge < -0.3 is 20.1 Å². The van der Waals surface area contributed by atoms with Gasteiger partial charge in [-0.25, -0.2) is 0 Å². The van der Waals surface area contributed by atoms with E-state index >= 15 is 0 Å². The van der Waals surface area contributed by atoms with Gasteiger partial charge >= 0.3 is 0 Å². The van der Waals surface area contributed by atoms with Crippen LogP contribution in [0.2, 0.25) is 0 Å². The molecule has 100 valence electrons. The van der Waals surface area contributed by atoms with Gasteiger partial charge in [0.1, 0.15) is 0 Å². The van der Waals surface area contributed by atoms with E-state index in [9.17, 15) is 0 Å². The van der Waals surface area contributed by atoms with Gasteiger partial charge in [0.2, 0.25) is 0 Å². The summed E-state index contributed by atoms with van der Waals surface area (Å²) in [7, 11) is 0. The lowest BCUT2D eigenvalue weighted by atomic mass is 9.80. The molecule has 2 heterocycles. The van der Waals surface area contributed by atoms with Crippen molar-refractivity contribution in [1.29, 1.82) is 0 Å². The SMILES string of the molecule is CCOC(CN)CN1CCC2(CCOCC2)C1. The standard InChI is InChI=1S/C13H26N2O2/c1-2-17-12(9-14)10-15-6-3-13(11-15)4-7-16-8-5-13/h12H,2-11,14H2,1H3. The van der Waals surface area contributed by atoms with Crippen molar-refractivity contribution in [2.24, 2.45) is 11.1 Å². The predicted molar refractivity (Wildman–Crippen MR) is 68.0 cm³/mol. The van der Waals surface area contributed by atoms with Crippen LogP contribution in [0, 0.1) is 5.41 Å². The molecule has 0 radical (unpaired) electrons. The third-order valence-electron chi connectivity index (χ3n) is 4.20. The van der Waals surface area contributed by atoms with Gasteiger partial charge in [-0.1, -0.05) is 0 Å². The van der Waals surface area contributed by atoms with Crippen LogP contribution in [0.4, 0.5) is 0 Å². The molecule has 4 heteroatoms. The van der Waals surface area contributed by atoms with Gasteiger partial charge in [0.05, 0.1) is 6.10 Å². The van der Waals surface area contributed by atoms with Gasteiger partial charge in [0.15, 0.2) is 0 Å². The smallest absolute Gasteiger partial charge is 0.0823 e. The van der Waals surface area contributed by atoms with E-state index in [-0.39, 0.29) is 6.10 Å². The molecule has 17 heavy (non-hydrogen) atoms. The molecule has 1 unspecified atom stereocenters. The number of ether oxygens (including phenoxy) is 2. The normalized spacial score (nSPS) is 26.5. The van der Waals surface area contributed by atoms with Crippen molar-refractivity contribution in [2.45, 2.75) is 32.3 Å². The van der Waals surface area contributed by atoms with E-state index in [0.29, 0.717) is 12.0 Å². The minimum Gasteiger partial charge on any atom is -0.381 e. The van der Waals surface area contributed by atoms with E-state index in [1.54, 1.807) is 0 Å². The minimum absolute atomic E-state index is 0.204. The molecule has 2 saturated heterocycles. The monoisotopic (exact) mass is 242 g/mol. The van der Waals surface area contributed by atoms with Crippen molar-refractivity contribution in [2.75, 3.05) is 46.0 Å². The molecule has 0 bridgehead atoms. The maximum Gasteiger partial charge on any atom is 0.0823 e. The second kappa shape index (κ2) is 6.14. The molecule has 2 N–H and O–H groups in total. The van der Waals surface area contributed by atoms with Crippen molar-refractivity contribution in [1.82, 2.24) is 4.90 Å². The highest BCUT2D eigenvalue weighted by Gasteiger charge is 2.39. The van der Waals surface area contributed by atoms with E-state index in [1.165, 1.54) is 32.4 Å². The largest absolute Gasteiger partial charge is 0.381 e. The van der Waals surface area contributed by atoms with Crippen molar-refractivity contribution in [3.05, 3.63) is 0 Å². The second-order valence-electron chi connectivity index (χ2n) is 5.41. The Hall–Kier alpha value is -0.160. The first-order chi connectivity index (χ1) is 8.28. The molecule has 0 aliphatic carbocycles. The summed E-state index contributed by atoms with van der Waals surface area (Å²) < 4.78 is 11.1. The topological polar surface area (TPSA) is 47.7 Å². The number of nitrogens with two attached hydrogens (primary N) is 1. The fourth-order valence-corrected chi connectivity index (χ4v) is 3.12. The van der Waals surface area contributed by atoms with Crippen LogP contribution in [0.3, 0.4) is 0 Å². The zero-order valence-corrected chi connectivity index (χ0v) is 11.0. The molecule has 1 atom stereocenters. The van der Waals surface area contributed by atoms with Crippen molar-refractivity contribution in [3.63, 3.8) is 0 Å². The maximum absolute atomic E-state index is 5.74. The summed E-state index contributed by atoms with van der Waals surface area (Å²) in [4.78, 5) is 2.53. The average Bonchev–Trinajstić information content (AvgIpc) is 2.72. The van der Waals surface area contributed by atoms with Crippen LogP contribution in [0.15, 0.2) is 0 Å².